The van der Waals surface area contributed by atoms with Crippen molar-refractivity contribution in [3.8, 4) is 11.6 Å². The van der Waals surface area contributed by atoms with Gasteiger partial charge in [-0.15, -0.1) is 0 Å². The highest BCUT2D eigenvalue weighted by atomic mass is 19.1. The number of aromatic nitrogens is 5. The number of halogens is 1. The van der Waals surface area contributed by atoms with Crippen molar-refractivity contribution in [2.75, 3.05) is 25.6 Å². The third-order valence-electron chi connectivity index (χ3n) is 5.76. The smallest absolute Gasteiger partial charge is 0.266 e. The molecule has 1 aromatic carbocycles. The molecule has 0 aliphatic carbocycles. The Morgan fingerprint density at radius 1 is 1.14 bits per heavy atom. The highest BCUT2D eigenvalue weighted by Gasteiger charge is 2.13. The summed E-state index contributed by atoms with van der Waals surface area (Å²) in [6.07, 6.45) is 5.55. The minimum absolute atomic E-state index is 0.0274. The zero-order valence-corrected chi connectivity index (χ0v) is 19.0. The maximum Gasteiger partial charge on any atom is 0.266 e. The predicted octanol–water partition coefficient (Wildman–Crippen LogP) is 2.93. The summed E-state index contributed by atoms with van der Waals surface area (Å²) in [7, 11) is 1.57. The zero-order chi connectivity index (χ0) is 24.4. The highest BCUT2D eigenvalue weighted by molar-refractivity contribution is 5.88. The van der Waals surface area contributed by atoms with Gasteiger partial charge in [0.05, 0.1) is 36.6 Å². The van der Waals surface area contributed by atoms with E-state index in [2.05, 4.69) is 20.4 Å². The monoisotopic (exact) mass is 474 g/mol. The maximum absolute atomic E-state index is 14.0. The summed E-state index contributed by atoms with van der Waals surface area (Å²) < 4.78 is 22.3. The number of pyridine rings is 2. The Balaban J connectivity index is 1.41. The molecule has 5 aromatic rings. The van der Waals surface area contributed by atoms with E-state index in [4.69, 9.17) is 4.74 Å². The molecule has 2 N–H and O–H groups in total. The predicted molar refractivity (Wildman–Crippen MR) is 131 cm³/mol. The Labute approximate surface area is 199 Å². The van der Waals surface area contributed by atoms with E-state index < -0.39 is 0 Å². The molecule has 35 heavy (non-hydrogen) atoms. The molecule has 0 radical (unpaired) electrons. The molecular weight excluding hydrogens is 451 g/mol. The number of fused-ring (bicyclic) bond motifs is 2. The van der Waals surface area contributed by atoms with Crippen LogP contribution in [0.4, 0.5) is 10.1 Å². The van der Waals surface area contributed by atoms with Gasteiger partial charge < -0.3 is 15.2 Å². The Bertz CT molecular complexity index is 1580. The van der Waals surface area contributed by atoms with Crippen LogP contribution in [0.15, 0.2) is 65.8 Å². The van der Waals surface area contributed by atoms with Gasteiger partial charge in [-0.25, -0.2) is 14.1 Å². The molecule has 178 valence electrons. The summed E-state index contributed by atoms with van der Waals surface area (Å²) >= 11 is 0. The van der Waals surface area contributed by atoms with Crippen LogP contribution in [0.2, 0.25) is 0 Å². The van der Waals surface area contributed by atoms with Crippen LogP contribution < -0.4 is 15.6 Å². The van der Waals surface area contributed by atoms with Gasteiger partial charge in [0.25, 0.3) is 5.56 Å². The Kier molecular flexibility index (Phi) is 6.11. The van der Waals surface area contributed by atoms with Gasteiger partial charge in [0, 0.05) is 43.1 Å². The number of methoxy groups -OCH3 is 1. The Morgan fingerprint density at radius 2 is 2.03 bits per heavy atom. The normalized spacial score (nSPS) is 11.3. The van der Waals surface area contributed by atoms with Crippen LogP contribution in [0, 0.1) is 5.82 Å². The number of nitrogens with one attached hydrogen (secondary N) is 1. The lowest BCUT2D eigenvalue weighted by Crippen LogP contribution is -2.26. The minimum atomic E-state index is -0.374. The van der Waals surface area contributed by atoms with Crippen LogP contribution in [0.3, 0.4) is 0 Å². The molecule has 0 fully saturated rings. The first-order valence-corrected chi connectivity index (χ1v) is 11.1. The van der Waals surface area contributed by atoms with Crippen molar-refractivity contribution in [1.82, 2.24) is 24.3 Å². The minimum Gasteiger partial charge on any atom is -0.495 e. The quantitative estimate of drug-likeness (QED) is 0.356. The van der Waals surface area contributed by atoms with Crippen molar-refractivity contribution in [3.05, 3.63) is 82.8 Å². The fourth-order valence-electron chi connectivity index (χ4n) is 4.07. The molecule has 4 aromatic heterocycles. The van der Waals surface area contributed by atoms with Crippen LogP contribution in [0.5, 0.6) is 5.75 Å². The second-order valence-electron chi connectivity index (χ2n) is 7.94. The van der Waals surface area contributed by atoms with E-state index in [-0.39, 0.29) is 18.0 Å². The highest BCUT2D eigenvalue weighted by Crippen LogP contribution is 2.25. The summed E-state index contributed by atoms with van der Waals surface area (Å²) in [6.45, 7) is 0.685. The van der Waals surface area contributed by atoms with Gasteiger partial charge in [0.2, 0.25) is 0 Å². The second-order valence-corrected chi connectivity index (χ2v) is 7.94. The van der Waals surface area contributed by atoms with Crippen LogP contribution >= 0.6 is 0 Å². The third-order valence-corrected chi connectivity index (χ3v) is 5.76. The van der Waals surface area contributed by atoms with E-state index in [9.17, 15) is 14.3 Å². The molecule has 0 spiro atoms. The molecule has 0 aliphatic rings. The molecule has 9 nitrogen and oxygen atoms in total. The largest absolute Gasteiger partial charge is 0.495 e. The lowest BCUT2D eigenvalue weighted by atomic mass is 10.1. The van der Waals surface area contributed by atoms with Gasteiger partial charge in [-0.3, -0.25) is 14.3 Å². The van der Waals surface area contributed by atoms with E-state index in [0.717, 1.165) is 16.6 Å². The molecule has 0 saturated carbocycles. The van der Waals surface area contributed by atoms with Crippen molar-refractivity contribution in [2.45, 2.75) is 13.0 Å². The SMILES string of the molecule is COc1cnc2c(NCCn3nc(-n4cc(CCO)c5ccc(F)cc54)ccc3=O)ccnc2c1. The first-order valence-electron chi connectivity index (χ1n) is 11.1. The summed E-state index contributed by atoms with van der Waals surface area (Å²) in [4.78, 5) is 21.2. The summed E-state index contributed by atoms with van der Waals surface area (Å²) in [6, 6.07) is 11.2. The van der Waals surface area contributed by atoms with Gasteiger partial charge in [0.1, 0.15) is 17.1 Å². The van der Waals surface area contributed by atoms with Gasteiger partial charge in [-0.05, 0) is 42.3 Å². The van der Waals surface area contributed by atoms with E-state index in [0.29, 0.717) is 47.6 Å². The summed E-state index contributed by atoms with van der Waals surface area (Å²) in [5.41, 5.74) is 3.40. The number of aliphatic hydroxyl groups excluding tert-OH is 1. The van der Waals surface area contributed by atoms with E-state index in [1.165, 1.54) is 22.9 Å². The molecule has 4 heterocycles. The van der Waals surface area contributed by atoms with Gasteiger partial charge in [-0.1, -0.05) is 0 Å². The fraction of sp³-hybridized carbons (Fsp3) is 0.200. The molecule has 10 heteroatoms. The number of benzene rings is 1. The van der Waals surface area contributed by atoms with Gasteiger partial charge in [-0.2, -0.15) is 5.10 Å². The van der Waals surface area contributed by atoms with E-state index in [1.807, 2.05) is 12.3 Å². The van der Waals surface area contributed by atoms with Gasteiger partial charge in [0.15, 0.2) is 5.82 Å². The summed E-state index contributed by atoms with van der Waals surface area (Å²) in [5, 5.41) is 18.0. The third kappa shape index (κ3) is 4.43. The lowest BCUT2D eigenvalue weighted by molar-refractivity contribution is 0.300. The average Bonchev–Trinajstić information content (AvgIpc) is 3.22. The topological polar surface area (TPSA) is 107 Å². The van der Waals surface area contributed by atoms with Crippen molar-refractivity contribution in [1.29, 1.82) is 0 Å². The first-order chi connectivity index (χ1) is 17.1. The number of aliphatic hydroxyl groups is 1. The number of rotatable bonds is 8. The number of hydrogen-bond donors (Lipinski definition) is 2. The second kappa shape index (κ2) is 9.51. The van der Waals surface area contributed by atoms with Crippen molar-refractivity contribution < 1.29 is 14.2 Å². The Hall–Kier alpha value is -4.31. The first kappa shape index (κ1) is 22.5. The molecule has 5 rings (SSSR count). The number of anilines is 1. The van der Waals surface area contributed by atoms with Crippen LogP contribution in [0.25, 0.3) is 27.8 Å². The van der Waals surface area contributed by atoms with E-state index >= 15 is 0 Å². The molecule has 0 amide bonds. The maximum atomic E-state index is 14.0. The number of nitrogens with zero attached hydrogens (tertiary/aromatic N) is 5. The van der Waals surface area contributed by atoms with Crippen LogP contribution in [-0.2, 0) is 13.0 Å². The molecular formula is C25H23FN6O3. The van der Waals surface area contributed by atoms with Crippen LogP contribution in [-0.4, -0.2) is 49.7 Å². The fourth-order valence-corrected chi connectivity index (χ4v) is 4.07. The lowest BCUT2D eigenvalue weighted by Gasteiger charge is -2.11. The molecule has 0 atom stereocenters. The standard InChI is InChI=1S/C25H23FN6O3/c1-35-18-13-21-25(29-14-18)20(6-8-27-21)28-9-10-32-24(34)5-4-23(30-32)31-15-16(7-11-33)19-3-2-17(26)12-22(19)31/h2-6,8,12-15,33H,7,9-11H2,1H3,(H,27,28). The van der Waals surface area contributed by atoms with Crippen LogP contribution in [0.1, 0.15) is 5.56 Å². The molecule has 0 saturated heterocycles. The zero-order valence-electron chi connectivity index (χ0n) is 19.0. The molecule has 0 bridgehead atoms. The molecule has 0 unspecified atom stereocenters. The molecule has 0 aliphatic heterocycles. The van der Waals surface area contributed by atoms with E-state index in [1.54, 1.807) is 42.3 Å². The number of ether oxygens (including phenoxy) is 1. The average molecular weight is 474 g/mol. The van der Waals surface area contributed by atoms with Crippen molar-refractivity contribution in [2.24, 2.45) is 0 Å². The van der Waals surface area contributed by atoms with Crippen molar-refractivity contribution in [3.63, 3.8) is 0 Å². The van der Waals surface area contributed by atoms with Crippen molar-refractivity contribution >= 4 is 27.6 Å². The Morgan fingerprint density at radius 3 is 2.86 bits per heavy atom. The van der Waals surface area contributed by atoms with Gasteiger partial charge >= 0.3 is 0 Å². The number of hydrogen-bond acceptors (Lipinski definition) is 7. The summed E-state index contributed by atoms with van der Waals surface area (Å²) in [5.74, 6) is 0.725.